The normalized spacial score (nSPS) is 10.4. The predicted molar refractivity (Wildman–Crippen MR) is 97.7 cm³/mol. The van der Waals surface area contributed by atoms with Crippen LogP contribution in [0, 0.1) is 6.92 Å². The third kappa shape index (κ3) is 4.35. The Labute approximate surface area is 151 Å². The minimum absolute atomic E-state index is 0.152. The lowest BCUT2D eigenvalue weighted by molar-refractivity contribution is 0.0955. The Morgan fingerprint density at radius 1 is 1.15 bits per heavy atom. The van der Waals surface area contributed by atoms with Crippen LogP contribution in [0.15, 0.2) is 48.7 Å². The van der Waals surface area contributed by atoms with Crippen LogP contribution in [0.2, 0.25) is 0 Å². The van der Waals surface area contributed by atoms with Gasteiger partial charge in [0.2, 0.25) is 0 Å². The molecular weight excluding hydrogens is 332 g/mol. The maximum Gasteiger partial charge on any atom is 0.251 e. The molecule has 0 saturated carbocycles. The van der Waals surface area contributed by atoms with Crippen LogP contribution in [0.1, 0.15) is 16.1 Å². The average Bonchev–Trinajstić information content (AvgIpc) is 3.12. The number of nitrogens with zero attached hydrogens (tertiary/aromatic N) is 4. The van der Waals surface area contributed by atoms with Gasteiger partial charge >= 0.3 is 0 Å². The minimum Gasteiger partial charge on any atom is -0.497 e. The van der Waals surface area contributed by atoms with Crippen LogP contribution in [-0.4, -0.2) is 46.1 Å². The van der Waals surface area contributed by atoms with E-state index in [4.69, 9.17) is 4.74 Å². The van der Waals surface area contributed by atoms with Crippen molar-refractivity contribution in [1.82, 2.24) is 25.3 Å². The lowest BCUT2D eigenvalue weighted by Crippen LogP contribution is -2.28. The van der Waals surface area contributed by atoms with Crippen molar-refractivity contribution in [3.63, 3.8) is 0 Å². The van der Waals surface area contributed by atoms with Gasteiger partial charge < -0.3 is 15.4 Å². The zero-order valence-corrected chi connectivity index (χ0v) is 14.6. The molecule has 2 heterocycles. The van der Waals surface area contributed by atoms with Crippen molar-refractivity contribution >= 4 is 11.7 Å². The fourth-order valence-electron chi connectivity index (χ4n) is 2.32. The highest BCUT2D eigenvalue weighted by atomic mass is 16.5. The summed E-state index contributed by atoms with van der Waals surface area (Å²) in [6, 6.07) is 12.6. The monoisotopic (exact) mass is 352 g/mol. The molecule has 3 aromatic rings. The quantitative estimate of drug-likeness (QED) is 0.630. The Hall–Kier alpha value is -3.42. The number of hydrogen-bond donors (Lipinski definition) is 2. The van der Waals surface area contributed by atoms with Crippen molar-refractivity contribution < 1.29 is 9.53 Å². The molecule has 2 aromatic heterocycles. The van der Waals surface area contributed by atoms with E-state index in [0.717, 1.165) is 5.69 Å². The van der Waals surface area contributed by atoms with Crippen molar-refractivity contribution in [2.24, 2.45) is 0 Å². The van der Waals surface area contributed by atoms with Crippen LogP contribution < -0.4 is 15.4 Å². The summed E-state index contributed by atoms with van der Waals surface area (Å²) in [6.45, 7) is 2.90. The first-order valence-electron chi connectivity index (χ1n) is 8.18. The number of carbonyl (C=O) groups is 1. The number of benzene rings is 1. The summed E-state index contributed by atoms with van der Waals surface area (Å²) in [4.78, 5) is 12.1. The van der Waals surface area contributed by atoms with E-state index in [-0.39, 0.29) is 5.91 Å². The Bertz CT molecular complexity index is 875. The van der Waals surface area contributed by atoms with Gasteiger partial charge in [0.05, 0.1) is 12.8 Å². The Kier molecular flexibility index (Phi) is 5.43. The summed E-state index contributed by atoms with van der Waals surface area (Å²) in [7, 11) is 1.57. The second-order valence-electron chi connectivity index (χ2n) is 5.59. The molecule has 0 aliphatic heterocycles. The first kappa shape index (κ1) is 17.4. The number of hydrogen-bond acceptors (Lipinski definition) is 6. The Morgan fingerprint density at radius 3 is 2.73 bits per heavy atom. The predicted octanol–water partition coefficient (Wildman–Crippen LogP) is 1.82. The smallest absolute Gasteiger partial charge is 0.251 e. The average molecular weight is 352 g/mol. The Morgan fingerprint density at radius 2 is 2.04 bits per heavy atom. The van der Waals surface area contributed by atoms with Crippen LogP contribution >= 0.6 is 0 Å². The molecule has 0 aliphatic carbocycles. The molecule has 1 aromatic carbocycles. The largest absolute Gasteiger partial charge is 0.497 e. The van der Waals surface area contributed by atoms with Crippen LogP contribution in [0.4, 0.5) is 5.82 Å². The molecule has 0 unspecified atom stereocenters. The second kappa shape index (κ2) is 8.11. The zero-order valence-electron chi connectivity index (χ0n) is 14.6. The van der Waals surface area contributed by atoms with Gasteiger partial charge in [0.25, 0.3) is 5.91 Å². The number of ether oxygens (including phenoxy) is 1. The standard InChI is InChI=1S/C18H20N6O2/c1-13-8-11-24(23-13)17-7-6-16(21-22-17)19-9-10-20-18(25)14-4-3-5-15(12-14)26-2/h3-8,11-12H,9-10H2,1-2H3,(H,19,21)(H,20,25). The SMILES string of the molecule is COc1cccc(C(=O)NCCNc2ccc(-n3ccc(C)n3)nn2)c1. The fourth-order valence-corrected chi connectivity index (χ4v) is 2.32. The second-order valence-corrected chi connectivity index (χ2v) is 5.59. The topological polar surface area (TPSA) is 94.0 Å². The van der Waals surface area contributed by atoms with E-state index in [2.05, 4.69) is 25.9 Å². The molecule has 26 heavy (non-hydrogen) atoms. The fraction of sp³-hybridized carbons (Fsp3) is 0.222. The van der Waals surface area contributed by atoms with Gasteiger partial charge in [0, 0.05) is 24.8 Å². The highest BCUT2D eigenvalue weighted by Gasteiger charge is 2.06. The lowest BCUT2D eigenvalue weighted by atomic mass is 10.2. The van der Waals surface area contributed by atoms with E-state index in [9.17, 15) is 4.79 Å². The number of anilines is 1. The van der Waals surface area contributed by atoms with E-state index in [1.807, 2.05) is 31.3 Å². The molecule has 0 spiro atoms. The number of nitrogens with one attached hydrogen (secondary N) is 2. The van der Waals surface area contributed by atoms with E-state index in [0.29, 0.717) is 36.0 Å². The van der Waals surface area contributed by atoms with Gasteiger partial charge in [-0.15, -0.1) is 10.2 Å². The number of amides is 1. The minimum atomic E-state index is -0.152. The van der Waals surface area contributed by atoms with Crippen LogP contribution in [0.3, 0.4) is 0 Å². The molecule has 3 rings (SSSR count). The van der Waals surface area contributed by atoms with Crippen LogP contribution in [-0.2, 0) is 0 Å². The third-order valence-corrected chi connectivity index (χ3v) is 3.66. The Balaban J connectivity index is 1.46. The zero-order chi connectivity index (χ0) is 18.4. The highest BCUT2D eigenvalue weighted by Crippen LogP contribution is 2.12. The molecule has 0 saturated heterocycles. The van der Waals surface area contributed by atoms with Crippen molar-refractivity contribution in [2.45, 2.75) is 6.92 Å². The summed E-state index contributed by atoms with van der Waals surface area (Å²) >= 11 is 0. The van der Waals surface area contributed by atoms with Crippen molar-refractivity contribution in [1.29, 1.82) is 0 Å². The summed E-state index contributed by atoms with van der Waals surface area (Å²) < 4.78 is 6.78. The molecule has 0 aliphatic rings. The van der Waals surface area contributed by atoms with Gasteiger partial charge in [-0.05, 0) is 43.3 Å². The molecule has 0 atom stereocenters. The van der Waals surface area contributed by atoms with Gasteiger partial charge in [-0.1, -0.05) is 6.07 Å². The first-order valence-corrected chi connectivity index (χ1v) is 8.18. The lowest BCUT2D eigenvalue weighted by Gasteiger charge is -2.08. The number of aryl methyl sites for hydroxylation is 1. The van der Waals surface area contributed by atoms with E-state index < -0.39 is 0 Å². The maximum atomic E-state index is 12.1. The van der Waals surface area contributed by atoms with Crippen LogP contribution in [0.5, 0.6) is 5.75 Å². The van der Waals surface area contributed by atoms with Gasteiger partial charge in [-0.25, -0.2) is 4.68 Å². The first-order chi connectivity index (χ1) is 12.7. The summed E-state index contributed by atoms with van der Waals surface area (Å²) in [6.07, 6.45) is 1.83. The van der Waals surface area contributed by atoms with Crippen molar-refractivity contribution in [3.05, 3.63) is 59.9 Å². The number of carbonyl (C=O) groups excluding carboxylic acids is 1. The van der Waals surface area contributed by atoms with E-state index >= 15 is 0 Å². The van der Waals surface area contributed by atoms with Gasteiger partial charge in [-0.2, -0.15) is 5.10 Å². The summed E-state index contributed by atoms with van der Waals surface area (Å²) in [5.41, 5.74) is 1.48. The molecule has 8 nitrogen and oxygen atoms in total. The number of methoxy groups -OCH3 is 1. The molecular formula is C18H20N6O2. The molecule has 134 valence electrons. The van der Waals surface area contributed by atoms with Gasteiger partial charge in [0.1, 0.15) is 11.6 Å². The molecule has 8 heteroatoms. The number of aromatic nitrogens is 4. The summed E-state index contributed by atoms with van der Waals surface area (Å²) in [5, 5.41) is 18.5. The van der Waals surface area contributed by atoms with Gasteiger partial charge in [-0.3, -0.25) is 4.79 Å². The van der Waals surface area contributed by atoms with Crippen molar-refractivity contribution in [2.75, 3.05) is 25.5 Å². The van der Waals surface area contributed by atoms with Gasteiger partial charge in [0.15, 0.2) is 5.82 Å². The molecule has 0 fully saturated rings. The van der Waals surface area contributed by atoms with E-state index in [1.54, 1.807) is 36.1 Å². The maximum absolute atomic E-state index is 12.1. The van der Waals surface area contributed by atoms with Crippen LogP contribution in [0.25, 0.3) is 5.82 Å². The molecule has 0 bridgehead atoms. The van der Waals surface area contributed by atoms with E-state index in [1.165, 1.54) is 0 Å². The van der Waals surface area contributed by atoms with Crippen molar-refractivity contribution in [3.8, 4) is 11.6 Å². The third-order valence-electron chi connectivity index (χ3n) is 3.66. The molecule has 0 radical (unpaired) electrons. The highest BCUT2D eigenvalue weighted by molar-refractivity contribution is 5.94. The summed E-state index contributed by atoms with van der Waals surface area (Å²) in [5.74, 6) is 1.78. The molecule has 2 N–H and O–H groups in total. The number of rotatable bonds is 7. The molecule has 1 amide bonds.